The Balaban J connectivity index is 1.49. The average molecular weight is 299 g/mol. The van der Waals surface area contributed by atoms with Crippen molar-refractivity contribution in [2.75, 3.05) is 6.61 Å². The second-order valence-electron chi connectivity index (χ2n) is 5.44. The second-order valence-corrected chi connectivity index (χ2v) is 5.44. The molecule has 3 rings (SSSR count). The molecule has 2 aromatic carbocycles. The lowest BCUT2D eigenvalue weighted by Crippen LogP contribution is -2.28. The second kappa shape index (κ2) is 6.60. The van der Waals surface area contributed by atoms with Crippen LogP contribution >= 0.6 is 0 Å². The number of halogens is 1. The van der Waals surface area contributed by atoms with Gasteiger partial charge < -0.3 is 10.1 Å². The Morgan fingerprint density at radius 2 is 1.95 bits per heavy atom. The van der Waals surface area contributed by atoms with Crippen molar-refractivity contribution in [1.29, 1.82) is 0 Å². The number of fused-ring (bicyclic) bond motifs is 1. The van der Waals surface area contributed by atoms with Crippen LogP contribution in [0, 0.1) is 5.82 Å². The Morgan fingerprint density at radius 3 is 2.82 bits per heavy atom. The van der Waals surface area contributed by atoms with Crippen molar-refractivity contribution < 1.29 is 13.9 Å². The van der Waals surface area contributed by atoms with Crippen molar-refractivity contribution in [2.24, 2.45) is 0 Å². The molecule has 1 aliphatic carbocycles. The first-order valence-corrected chi connectivity index (χ1v) is 7.47. The van der Waals surface area contributed by atoms with E-state index in [4.69, 9.17) is 4.74 Å². The zero-order chi connectivity index (χ0) is 15.4. The van der Waals surface area contributed by atoms with Gasteiger partial charge in [0.1, 0.15) is 11.6 Å². The molecule has 2 aromatic rings. The molecular formula is C18H18FNO2. The van der Waals surface area contributed by atoms with Crippen LogP contribution in [-0.4, -0.2) is 12.5 Å². The van der Waals surface area contributed by atoms with Gasteiger partial charge in [0.15, 0.2) is 6.61 Å². The fraction of sp³-hybridized carbons (Fsp3) is 0.278. The average Bonchev–Trinajstić information content (AvgIpc) is 2.99. The van der Waals surface area contributed by atoms with Crippen LogP contribution < -0.4 is 10.1 Å². The lowest BCUT2D eigenvalue weighted by Gasteiger charge is -2.09. The minimum Gasteiger partial charge on any atom is -0.484 e. The summed E-state index contributed by atoms with van der Waals surface area (Å²) >= 11 is 0. The predicted octanol–water partition coefficient (Wildman–Crippen LogP) is 3.01. The highest BCUT2D eigenvalue weighted by molar-refractivity contribution is 5.77. The summed E-state index contributed by atoms with van der Waals surface area (Å²) in [6.07, 6.45) is 3.38. The van der Waals surface area contributed by atoms with E-state index in [1.54, 1.807) is 18.2 Å². The van der Waals surface area contributed by atoms with E-state index in [0.717, 1.165) is 12.8 Å². The summed E-state index contributed by atoms with van der Waals surface area (Å²) in [7, 11) is 0. The third-order valence-corrected chi connectivity index (χ3v) is 3.87. The molecule has 3 nitrogen and oxygen atoms in total. The Morgan fingerprint density at radius 1 is 1.14 bits per heavy atom. The summed E-state index contributed by atoms with van der Waals surface area (Å²) in [5.41, 5.74) is 3.15. The van der Waals surface area contributed by atoms with Gasteiger partial charge in [0.05, 0.1) is 0 Å². The Bertz CT molecular complexity index is 685. The first-order valence-electron chi connectivity index (χ1n) is 7.47. The van der Waals surface area contributed by atoms with Gasteiger partial charge in [0.25, 0.3) is 5.91 Å². The Kier molecular flexibility index (Phi) is 4.37. The topological polar surface area (TPSA) is 38.3 Å². The number of hydrogen-bond acceptors (Lipinski definition) is 2. The molecule has 0 saturated carbocycles. The zero-order valence-electron chi connectivity index (χ0n) is 12.3. The highest BCUT2D eigenvalue weighted by atomic mass is 19.1. The first-order chi connectivity index (χ1) is 10.7. The molecule has 0 radical (unpaired) electrons. The van der Waals surface area contributed by atoms with E-state index in [0.29, 0.717) is 11.3 Å². The lowest BCUT2D eigenvalue weighted by molar-refractivity contribution is -0.123. The van der Waals surface area contributed by atoms with Crippen LogP contribution in [0.15, 0.2) is 42.5 Å². The summed E-state index contributed by atoms with van der Waals surface area (Å²) in [6.45, 7) is 0.103. The van der Waals surface area contributed by atoms with Crippen LogP contribution in [0.25, 0.3) is 0 Å². The van der Waals surface area contributed by atoms with Gasteiger partial charge >= 0.3 is 0 Å². The summed E-state index contributed by atoms with van der Waals surface area (Å²) in [4.78, 5) is 11.8. The van der Waals surface area contributed by atoms with Crippen molar-refractivity contribution in [2.45, 2.75) is 25.8 Å². The zero-order valence-corrected chi connectivity index (χ0v) is 12.3. The molecule has 0 bridgehead atoms. The first kappa shape index (κ1) is 14.6. The quantitative estimate of drug-likeness (QED) is 0.921. The van der Waals surface area contributed by atoms with E-state index in [1.807, 2.05) is 12.1 Å². The number of rotatable bonds is 5. The molecule has 0 saturated heterocycles. The van der Waals surface area contributed by atoms with E-state index in [9.17, 15) is 9.18 Å². The van der Waals surface area contributed by atoms with Crippen LogP contribution in [0.4, 0.5) is 4.39 Å². The van der Waals surface area contributed by atoms with Crippen molar-refractivity contribution in [1.82, 2.24) is 5.32 Å². The van der Waals surface area contributed by atoms with Crippen LogP contribution in [0.3, 0.4) is 0 Å². The van der Waals surface area contributed by atoms with Gasteiger partial charge in [-0.25, -0.2) is 4.39 Å². The van der Waals surface area contributed by atoms with Gasteiger partial charge in [0.2, 0.25) is 0 Å². The molecule has 4 heteroatoms. The van der Waals surface area contributed by atoms with Crippen molar-refractivity contribution >= 4 is 5.91 Å². The molecule has 22 heavy (non-hydrogen) atoms. The molecule has 114 valence electrons. The minimum absolute atomic E-state index is 0.0623. The number of amides is 1. The molecule has 0 aliphatic heterocycles. The molecule has 0 spiro atoms. The van der Waals surface area contributed by atoms with Gasteiger partial charge in [-0.05, 0) is 48.6 Å². The molecule has 0 fully saturated rings. The highest BCUT2D eigenvalue weighted by Gasteiger charge is 2.12. The molecule has 0 aromatic heterocycles. The van der Waals surface area contributed by atoms with Crippen LogP contribution in [0.2, 0.25) is 0 Å². The fourth-order valence-corrected chi connectivity index (χ4v) is 2.67. The van der Waals surface area contributed by atoms with E-state index in [2.05, 4.69) is 11.4 Å². The minimum atomic E-state index is -0.317. The van der Waals surface area contributed by atoms with Crippen LogP contribution in [-0.2, 0) is 24.2 Å². The maximum Gasteiger partial charge on any atom is 0.258 e. The number of ether oxygens (including phenoxy) is 1. The summed E-state index contributed by atoms with van der Waals surface area (Å²) in [5, 5.41) is 2.66. The Hall–Kier alpha value is -2.36. The molecule has 1 aliphatic rings. The van der Waals surface area contributed by atoms with Gasteiger partial charge in [0, 0.05) is 12.1 Å². The summed E-state index contributed by atoms with van der Waals surface area (Å²) < 4.78 is 18.9. The van der Waals surface area contributed by atoms with Crippen molar-refractivity contribution in [3.63, 3.8) is 0 Å². The third kappa shape index (κ3) is 3.45. The molecule has 1 amide bonds. The predicted molar refractivity (Wildman–Crippen MR) is 82.2 cm³/mol. The van der Waals surface area contributed by atoms with Crippen LogP contribution in [0.1, 0.15) is 23.1 Å². The molecule has 0 heterocycles. The van der Waals surface area contributed by atoms with Crippen LogP contribution in [0.5, 0.6) is 5.75 Å². The van der Waals surface area contributed by atoms with E-state index in [1.165, 1.54) is 23.6 Å². The fourth-order valence-electron chi connectivity index (χ4n) is 2.67. The summed E-state index contributed by atoms with van der Waals surface area (Å²) in [5.74, 6) is 0.132. The van der Waals surface area contributed by atoms with E-state index < -0.39 is 0 Å². The standard InChI is InChI=1S/C18H18FNO2/c19-17-7-2-1-4-15(17)11-20-18(21)12-22-16-9-8-13-5-3-6-14(13)10-16/h1-2,4,7-10H,3,5-6,11-12H2,(H,20,21). The van der Waals surface area contributed by atoms with E-state index in [-0.39, 0.29) is 24.9 Å². The highest BCUT2D eigenvalue weighted by Crippen LogP contribution is 2.25. The SMILES string of the molecule is O=C(COc1ccc2c(c1)CCC2)NCc1ccccc1F. The number of benzene rings is 2. The summed E-state index contributed by atoms with van der Waals surface area (Å²) in [6, 6.07) is 12.4. The largest absolute Gasteiger partial charge is 0.484 e. The maximum absolute atomic E-state index is 13.4. The van der Waals surface area contributed by atoms with Gasteiger partial charge in [-0.3, -0.25) is 4.79 Å². The van der Waals surface area contributed by atoms with E-state index >= 15 is 0 Å². The third-order valence-electron chi connectivity index (χ3n) is 3.87. The maximum atomic E-state index is 13.4. The molecule has 1 N–H and O–H groups in total. The molecular weight excluding hydrogens is 281 g/mol. The number of carbonyl (C=O) groups excluding carboxylic acids is 1. The van der Waals surface area contributed by atoms with Gasteiger partial charge in [-0.2, -0.15) is 0 Å². The smallest absolute Gasteiger partial charge is 0.258 e. The number of carbonyl (C=O) groups is 1. The van der Waals surface area contributed by atoms with Gasteiger partial charge in [-0.15, -0.1) is 0 Å². The molecule has 0 unspecified atom stereocenters. The molecule has 0 atom stereocenters. The lowest BCUT2D eigenvalue weighted by atomic mass is 10.1. The number of hydrogen-bond donors (Lipinski definition) is 1. The number of aryl methyl sites for hydroxylation is 2. The van der Waals surface area contributed by atoms with Crippen molar-refractivity contribution in [3.05, 3.63) is 65.0 Å². The Labute approximate surface area is 129 Å². The van der Waals surface area contributed by atoms with Crippen molar-refractivity contribution in [3.8, 4) is 5.75 Å². The van der Waals surface area contributed by atoms with Gasteiger partial charge in [-0.1, -0.05) is 24.3 Å². The monoisotopic (exact) mass is 299 g/mol. The number of nitrogens with one attached hydrogen (secondary N) is 1. The normalized spacial score (nSPS) is 12.8.